The largest absolute Gasteiger partial charge is 0.477 e. The minimum absolute atomic E-state index is 0. The zero-order chi connectivity index (χ0) is 101. The normalized spacial score (nSPS) is 13.2. The highest BCUT2D eigenvalue weighted by molar-refractivity contribution is 8.09. The number of amides is 1. The number of esters is 3. The van der Waals surface area contributed by atoms with E-state index in [2.05, 4.69) is 51.3 Å². The average molecular weight is 1680 g/mol. The molecule has 0 aliphatic carbocycles. The predicted molar refractivity (Wildman–Crippen MR) is 400 cm³/mol. The summed E-state index contributed by atoms with van der Waals surface area (Å²) in [5.41, 5.74) is 3.96. The first-order chi connectivity index (χ1) is 57.8. The number of nitrogens with zero attached hydrogens (tertiary/aromatic N) is 12. The zero-order valence-corrected chi connectivity index (χ0v) is 65.0. The predicted octanol–water partition coefficient (Wildman–Crippen LogP) is 5.94. The molecule has 111 heavy (non-hydrogen) atoms. The summed E-state index contributed by atoms with van der Waals surface area (Å²) in [5, 5.41) is 90.6. The van der Waals surface area contributed by atoms with Gasteiger partial charge in [0.05, 0.1) is 60.7 Å². The molecule has 0 saturated carbocycles. The van der Waals surface area contributed by atoms with E-state index in [1.807, 2.05) is 27.7 Å². The maximum atomic E-state index is 11.6. The number of hydrogen-bond acceptors (Lipinski definition) is 30. The van der Waals surface area contributed by atoms with E-state index in [4.69, 9.17) is 97.9 Å². The molecular formula is C62H111ClN14O32S2. The number of nitrogens with two attached hydrogens (primary N) is 1. The van der Waals surface area contributed by atoms with Crippen molar-refractivity contribution in [2.75, 3.05) is 52.5 Å². The van der Waals surface area contributed by atoms with Crippen molar-refractivity contribution in [1.82, 2.24) is 49.3 Å². The Morgan fingerprint density at radius 1 is 0.631 bits per heavy atom. The monoisotopic (exact) mass is 1680 g/mol. The molecule has 0 atom stereocenters. The lowest BCUT2D eigenvalue weighted by molar-refractivity contribution is -0.742. The van der Waals surface area contributed by atoms with Gasteiger partial charge in [-0.3, -0.25) is 67.5 Å². The lowest BCUT2D eigenvalue weighted by atomic mass is 10.1. The lowest BCUT2D eigenvalue weighted by Crippen LogP contribution is -2.29. The molecule has 0 aliphatic rings. The molecule has 0 bridgehead atoms. The third kappa shape index (κ3) is 59.5. The Morgan fingerprint density at radius 2 is 1.04 bits per heavy atom. The number of hydrogen-bond donors (Lipinski definition) is 10. The van der Waals surface area contributed by atoms with Gasteiger partial charge in [-0.15, -0.1) is 26.9 Å². The molecule has 640 valence electrons. The Kier molecular flexibility index (Phi) is 47.0. The summed E-state index contributed by atoms with van der Waals surface area (Å²) in [6.07, 6.45) is 0.831. The molecule has 46 nitrogen and oxygen atoms in total. The number of ether oxygens (including phenoxy) is 4. The Hall–Kier alpha value is -10.1. The number of aryl methyl sites for hydroxylation is 9. The summed E-state index contributed by atoms with van der Waals surface area (Å²) in [5.74, 6) is -6.74. The fraction of sp³-hybridized carbons (Fsp3) is 0.613. The lowest BCUT2D eigenvalue weighted by Gasteiger charge is -2.20. The van der Waals surface area contributed by atoms with E-state index in [9.17, 15) is 67.6 Å². The maximum Gasteiger partial charge on any atom is 0.394 e. The van der Waals surface area contributed by atoms with E-state index < -0.39 is 134 Å². The number of H-pyrrole nitrogens is 1. The number of halogens is 1. The second-order valence-electron chi connectivity index (χ2n) is 20.3. The van der Waals surface area contributed by atoms with Crippen molar-refractivity contribution in [1.29, 1.82) is 0 Å². The first kappa shape index (κ1) is 81.9. The van der Waals surface area contributed by atoms with Crippen molar-refractivity contribution in [3.05, 3.63) is 105 Å². The SMILES string of the molecule is CCCC(=O)CC(=O)C(=O)OCC.CCCC(C)=O.CCCc1cc(C(=O)OCC)n[nH]1.COCCO.Cl.O.O=S(=O)(O)O.O=[N+]([O-])O.[2H]C([2H])([2H])S(=O)(O)(OO)C([2H])([2H])[2H].[2H]C([2H])([2H])n1nc(CCC)c([N+](=O)[O-])c1C(=O)O.[2H]C([2H])([2H])n1nc(CCC)c([N+](=O)[O-])c1C(N)=O.[2H]C([2H])([2H])n1nc(CCC)cc1C(=O)O.[2H]C([2H])([2H])n1nc(CCC)cc1C(=O)OCC. The summed E-state index contributed by atoms with van der Waals surface area (Å²) in [7, 11) is -9.64. The number of carbonyl (C=O) groups is 9. The molecule has 5 aromatic heterocycles. The molecule has 0 spiro atoms. The fourth-order valence-corrected chi connectivity index (χ4v) is 6.98. The van der Waals surface area contributed by atoms with Crippen LogP contribution in [0.25, 0.3) is 0 Å². The number of methoxy groups -OCH3 is 1. The first-order valence-corrected chi connectivity index (χ1v) is 35.0. The highest BCUT2D eigenvalue weighted by Gasteiger charge is 2.31. The van der Waals surface area contributed by atoms with Gasteiger partial charge in [0.1, 0.15) is 44.0 Å². The molecular weight excluding hydrogens is 1550 g/mol. The number of primary amides is 1. The molecule has 13 N–H and O–H groups in total. The molecule has 0 fully saturated rings. The van der Waals surface area contributed by atoms with Gasteiger partial charge >= 0.3 is 51.6 Å². The van der Waals surface area contributed by atoms with Gasteiger partial charge in [0.2, 0.25) is 17.2 Å². The van der Waals surface area contributed by atoms with Gasteiger partial charge in [0.15, 0.2) is 5.69 Å². The Bertz CT molecular complexity index is 4390. The Labute approximate surface area is 672 Å². The number of carboxylic acid groups (broad SMARTS) is 2. The Balaban J connectivity index is -0.000000213. The number of carbonyl (C=O) groups excluding carboxylic acids is 7. The van der Waals surface area contributed by atoms with Crippen LogP contribution in [0.3, 0.4) is 0 Å². The molecule has 0 aromatic carbocycles. The number of ketones is 3. The fourth-order valence-electron chi connectivity index (χ4n) is 6.98. The number of Topliss-reactive ketones (excluding diaryl/α,β-unsaturated/α-hetero) is 3. The van der Waals surface area contributed by atoms with Gasteiger partial charge in [-0.05, 0) is 90.8 Å². The number of aliphatic hydroxyl groups excluding tert-OH is 1. The molecule has 5 aromatic rings. The third-order valence-electron chi connectivity index (χ3n) is 10.9. The summed E-state index contributed by atoms with van der Waals surface area (Å²) in [6, 6.07) is 4.52. The summed E-state index contributed by atoms with van der Waals surface area (Å²) in [6.45, 7) is 10.6. The van der Waals surface area contributed by atoms with Crippen LogP contribution >= 0.6 is 12.4 Å². The van der Waals surface area contributed by atoms with E-state index >= 15 is 0 Å². The number of nitrogens with one attached hydrogen (secondary N) is 1. The maximum absolute atomic E-state index is 11.6. The van der Waals surface area contributed by atoms with Crippen molar-refractivity contribution >= 4 is 96.9 Å². The van der Waals surface area contributed by atoms with E-state index in [1.54, 1.807) is 54.7 Å². The average Bonchev–Trinajstić information content (AvgIpc) is 1.30. The second-order valence-corrected chi connectivity index (χ2v) is 23.0. The van der Waals surface area contributed by atoms with Gasteiger partial charge in [-0.2, -0.15) is 33.9 Å². The minimum Gasteiger partial charge on any atom is -0.477 e. The van der Waals surface area contributed by atoms with Crippen LogP contribution in [0, 0.1) is 30.3 Å². The molecule has 1 amide bonds. The van der Waals surface area contributed by atoms with Crippen LogP contribution in [-0.2, 0) is 122 Å². The van der Waals surface area contributed by atoms with Gasteiger partial charge in [-0.1, -0.05) is 80.6 Å². The summed E-state index contributed by atoms with van der Waals surface area (Å²) in [4.78, 5) is 127. The number of aromatic amines is 1. The third-order valence-corrected chi connectivity index (χ3v) is 11.2. The van der Waals surface area contributed by atoms with E-state index in [0.29, 0.717) is 78.2 Å². The van der Waals surface area contributed by atoms with Crippen LogP contribution in [0.5, 0.6) is 0 Å². The Morgan fingerprint density at radius 3 is 1.33 bits per heavy atom. The molecule has 5 rings (SSSR count). The summed E-state index contributed by atoms with van der Waals surface area (Å²) < 4.78 is 200. The van der Waals surface area contributed by atoms with Gasteiger partial charge in [-0.25, -0.2) is 33.4 Å². The number of aliphatic hydroxyl groups is 1. The van der Waals surface area contributed by atoms with E-state index in [-0.39, 0.29) is 102 Å². The van der Waals surface area contributed by atoms with Crippen molar-refractivity contribution in [2.24, 2.45) is 33.6 Å². The number of nitro groups is 2. The van der Waals surface area contributed by atoms with Gasteiger partial charge in [0, 0.05) is 90.6 Å². The van der Waals surface area contributed by atoms with Crippen LogP contribution < -0.4 is 5.73 Å². The van der Waals surface area contributed by atoms with Crippen LogP contribution in [0.15, 0.2) is 18.2 Å². The van der Waals surface area contributed by atoms with Crippen LogP contribution in [0.4, 0.5) is 11.4 Å². The molecule has 0 radical (unpaired) electrons. The smallest absolute Gasteiger partial charge is 0.394 e. The van der Waals surface area contributed by atoms with E-state index in [1.165, 1.54) is 12.1 Å². The van der Waals surface area contributed by atoms with Crippen molar-refractivity contribution in [3.8, 4) is 0 Å². The van der Waals surface area contributed by atoms with Crippen LogP contribution in [0.1, 0.15) is 246 Å². The second kappa shape index (κ2) is 63.7. The van der Waals surface area contributed by atoms with E-state index in [0.717, 1.165) is 48.9 Å². The number of carboxylic acids is 2. The van der Waals surface area contributed by atoms with Crippen LogP contribution in [0.2, 0.25) is 0 Å². The number of rotatable bonds is 30. The molecule has 49 heteroatoms. The van der Waals surface area contributed by atoms with Gasteiger partial charge < -0.3 is 60.0 Å². The highest BCUT2D eigenvalue weighted by Crippen LogP contribution is 2.25. The molecule has 0 unspecified atom stereocenters. The standard InChI is InChI=1S/C10H16N2O2.C9H14N2O2.C9H14O4.C8H12N4O3.C8H11N3O4.C8H12N2O2.C5H10O.C3H8O2.C2H8O4S.ClH.HNO3.H2O4S.H2O/c1-4-6-8-7-9(12(3)11-8)10(13)14-5-2;1-3-5-7-6-8(11-10-7)9(12)13-4-2;1-3-5-7(10)6-8(11)9(12)13-4-2;1-3-4-5-6(12(14)15)7(8(9)13)11(2)10-5;1-3-4-5-6(11(14)15)7(8(12)13)10(2)9-5;1-3-4-6-5-7(8(11)12)10(2)9-6;1-3-4-5(2)6;1-5-3-2-4;1-7(2,4,5)6-3;;2-1(3)4;1-5(2,3)4;/h7H,4-6H2,1-3H3;6H,3-5H2,1-2H3,(H,10,11);3-6H2,1-2H3;3-4H2,1-2H3,(H2,9,13);3-4H2,1-2H3,(H,12,13);5H,3-4H2,1-2H3,(H,11,12);3-4H2,1-2H3;4H,2-3H2,1H3;3H,1-2H3,(H,4,5);1H;(H,2,3,4);(H2,1,2,3,4);1H2/i3D3;;;3*2D3;;;1D3,2D3;;;;. The van der Waals surface area contributed by atoms with Crippen molar-refractivity contribution in [3.63, 3.8) is 0 Å². The zero-order valence-electron chi connectivity index (χ0n) is 80.5. The molecule has 5 heterocycles. The topological polar surface area (TPSA) is 700 Å². The van der Waals surface area contributed by atoms with Gasteiger partial charge in [0.25, 0.3) is 11.0 Å². The molecule has 0 saturated heterocycles. The minimum atomic E-state index is -6.53. The van der Waals surface area contributed by atoms with Crippen molar-refractivity contribution in [2.45, 2.75) is 172 Å². The quantitative estimate of drug-likeness (QED) is 0.00372. The van der Waals surface area contributed by atoms with Crippen molar-refractivity contribution < 1.29 is 164 Å². The molecule has 0 aliphatic heterocycles. The number of aromatic carboxylic acids is 2. The highest BCUT2D eigenvalue weighted by atomic mass is 35.5. The first-order valence-electron chi connectivity index (χ1n) is 40.8. The summed E-state index contributed by atoms with van der Waals surface area (Å²) >= 11 is 0. The van der Waals surface area contributed by atoms with Crippen LogP contribution in [-0.4, -0.2) is 227 Å². The number of aromatic nitrogens is 10.